The second kappa shape index (κ2) is 6.99. The van der Waals surface area contributed by atoms with Crippen molar-refractivity contribution in [1.82, 2.24) is 30.9 Å². The van der Waals surface area contributed by atoms with Crippen molar-refractivity contribution in [3.8, 4) is 0 Å². The van der Waals surface area contributed by atoms with Gasteiger partial charge in [0.15, 0.2) is 0 Å². The fraction of sp³-hybridized carbons (Fsp3) is 0.667. The molecule has 1 aromatic rings. The Labute approximate surface area is 117 Å². The van der Waals surface area contributed by atoms with Crippen LogP contribution in [0.2, 0.25) is 0 Å². The molecule has 0 saturated heterocycles. The van der Waals surface area contributed by atoms with Gasteiger partial charge in [-0.3, -0.25) is 10.1 Å². The van der Waals surface area contributed by atoms with Crippen molar-refractivity contribution >= 4 is 11.9 Å². The number of nitrogens with one attached hydrogen (secondary N) is 3. The lowest BCUT2D eigenvalue weighted by Gasteiger charge is -2.11. The van der Waals surface area contributed by atoms with Gasteiger partial charge < -0.3 is 10.6 Å². The van der Waals surface area contributed by atoms with Crippen LogP contribution in [-0.4, -0.2) is 40.0 Å². The molecule has 0 unspecified atom stereocenters. The van der Waals surface area contributed by atoms with Crippen LogP contribution in [0.15, 0.2) is 6.20 Å². The SMILES string of the molecule is CNCc1cn(CC(=O)NC(=O)NC2CCCC2)nn1. The minimum atomic E-state index is -0.433. The molecule has 8 heteroatoms. The number of hydrogen-bond acceptors (Lipinski definition) is 5. The normalized spacial score (nSPS) is 15.2. The van der Waals surface area contributed by atoms with Gasteiger partial charge in [-0.1, -0.05) is 18.1 Å². The third-order valence-corrected chi connectivity index (χ3v) is 3.19. The average Bonchev–Trinajstić information content (AvgIpc) is 3.01. The number of nitrogens with zero attached hydrogens (tertiary/aromatic N) is 3. The number of rotatable bonds is 5. The number of aromatic nitrogens is 3. The van der Waals surface area contributed by atoms with Gasteiger partial charge in [-0.25, -0.2) is 9.48 Å². The molecule has 0 atom stereocenters. The molecule has 1 saturated carbocycles. The highest BCUT2D eigenvalue weighted by atomic mass is 16.2. The molecule has 110 valence electrons. The molecular weight excluding hydrogens is 260 g/mol. The summed E-state index contributed by atoms with van der Waals surface area (Å²) in [5, 5.41) is 15.8. The van der Waals surface area contributed by atoms with Crippen molar-refractivity contribution in [2.75, 3.05) is 7.05 Å². The number of imide groups is 1. The van der Waals surface area contributed by atoms with Crippen LogP contribution in [0.5, 0.6) is 0 Å². The molecular formula is C12H20N6O2. The number of carbonyl (C=O) groups excluding carboxylic acids is 2. The van der Waals surface area contributed by atoms with Crippen molar-refractivity contribution < 1.29 is 9.59 Å². The van der Waals surface area contributed by atoms with Crippen LogP contribution in [0.25, 0.3) is 0 Å². The smallest absolute Gasteiger partial charge is 0.321 e. The summed E-state index contributed by atoms with van der Waals surface area (Å²) in [4.78, 5) is 23.3. The van der Waals surface area contributed by atoms with E-state index in [9.17, 15) is 9.59 Å². The molecule has 3 N–H and O–H groups in total. The summed E-state index contributed by atoms with van der Waals surface area (Å²) in [7, 11) is 1.80. The lowest BCUT2D eigenvalue weighted by Crippen LogP contribution is -2.44. The van der Waals surface area contributed by atoms with E-state index in [1.165, 1.54) is 4.68 Å². The summed E-state index contributed by atoms with van der Waals surface area (Å²) < 4.78 is 1.41. The quantitative estimate of drug-likeness (QED) is 0.691. The number of carbonyl (C=O) groups is 2. The molecule has 0 radical (unpaired) electrons. The highest BCUT2D eigenvalue weighted by molar-refractivity contribution is 5.94. The van der Waals surface area contributed by atoms with E-state index in [-0.39, 0.29) is 12.6 Å². The summed E-state index contributed by atoms with van der Waals surface area (Å²) in [5.41, 5.74) is 0.746. The summed E-state index contributed by atoms with van der Waals surface area (Å²) in [5.74, 6) is -0.401. The van der Waals surface area contributed by atoms with Gasteiger partial charge in [0.05, 0.1) is 11.9 Å². The van der Waals surface area contributed by atoms with Crippen LogP contribution in [0.3, 0.4) is 0 Å². The molecule has 0 spiro atoms. The van der Waals surface area contributed by atoms with Gasteiger partial charge in [0, 0.05) is 12.6 Å². The largest absolute Gasteiger partial charge is 0.335 e. The zero-order chi connectivity index (χ0) is 14.4. The Morgan fingerprint density at radius 3 is 2.85 bits per heavy atom. The van der Waals surface area contributed by atoms with Crippen molar-refractivity contribution in [3.63, 3.8) is 0 Å². The molecule has 2 rings (SSSR count). The summed E-state index contributed by atoms with van der Waals surface area (Å²) >= 11 is 0. The van der Waals surface area contributed by atoms with Crippen LogP contribution >= 0.6 is 0 Å². The maximum atomic E-state index is 11.7. The molecule has 0 aromatic carbocycles. The number of urea groups is 1. The minimum Gasteiger partial charge on any atom is -0.335 e. The van der Waals surface area contributed by atoms with Gasteiger partial charge in [0.1, 0.15) is 6.54 Å². The Morgan fingerprint density at radius 2 is 2.15 bits per heavy atom. The lowest BCUT2D eigenvalue weighted by molar-refractivity contribution is -0.120. The minimum absolute atomic E-state index is 0.0190. The maximum Gasteiger partial charge on any atom is 0.321 e. The predicted octanol–water partition coefficient (Wildman–Crippen LogP) is -0.234. The molecule has 8 nitrogen and oxygen atoms in total. The van der Waals surface area contributed by atoms with E-state index in [4.69, 9.17) is 0 Å². The summed E-state index contributed by atoms with van der Waals surface area (Å²) in [6, 6.07) is -0.242. The second-order valence-electron chi connectivity index (χ2n) is 4.94. The Hall–Kier alpha value is -1.96. The van der Waals surface area contributed by atoms with Crippen LogP contribution in [-0.2, 0) is 17.9 Å². The van der Waals surface area contributed by atoms with Crippen LogP contribution in [0, 0.1) is 0 Å². The highest BCUT2D eigenvalue weighted by Crippen LogP contribution is 2.17. The molecule has 1 aromatic heterocycles. The van der Waals surface area contributed by atoms with Gasteiger partial charge in [-0.2, -0.15) is 0 Å². The molecule has 0 bridgehead atoms. The first-order valence-corrected chi connectivity index (χ1v) is 6.81. The first-order valence-electron chi connectivity index (χ1n) is 6.81. The third kappa shape index (κ3) is 4.30. The van der Waals surface area contributed by atoms with Crippen LogP contribution in [0.4, 0.5) is 4.79 Å². The van der Waals surface area contributed by atoms with Crippen molar-refractivity contribution in [2.24, 2.45) is 0 Å². The van der Waals surface area contributed by atoms with Gasteiger partial charge >= 0.3 is 6.03 Å². The van der Waals surface area contributed by atoms with E-state index in [1.54, 1.807) is 13.2 Å². The first kappa shape index (κ1) is 14.4. The third-order valence-electron chi connectivity index (χ3n) is 3.19. The monoisotopic (exact) mass is 280 g/mol. The maximum absolute atomic E-state index is 11.7. The number of hydrogen-bond donors (Lipinski definition) is 3. The standard InChI is InChI=1S/C12H20N6O2/c1-13-6-10-7-18(17-16-10)8-11(19)15-12(20)14-9-4-2-3-5-9/h7,9,13H,2-6,8H2,1H3,(H2,14,15,19,20). The van der Waals surface area contributed by atoms with Crippen molar-refractivity contribution in [1.29, 1.82) is 0 Å². The Kier molecular flexibility index (Phi) is 5.05. The van der Waals surface area contributed by atoms with Crippen molar-refractivity contribution in [2.45, 2.75) is 44.8 Å². The molecule has 0 aliphatic heterocycles. The number of amides is 3. The van der Waals surface area contributed by atoms with Gasteiger partial charge in [-0.05, 0) is 19.9 Å². The zero-order valence-electron chi connectivity index (χ0n) is 11.6. The molecule has 3 amide bonds. The topological polar surface area (TPSA) is 101 Å². The fourth-order valence-electron chi connectivity index (χ4n) is 2.28. The first-order chi connectivity index (χ1) is 9.67. The Bertz CT molecular complexity index is 466. The molecule has 1 aliphatic rings. The molecule has 1 fully saturated rings. The van der Waals surface area contributed by atoms with E-state index in [0.29, 0.717) is 6.54 Å². The van der Waals surface area contributed by atoms with Crippen molar-refractivity contribution in [3.05, 3.63) is 11.9 Å². The van der Waals surface area contributed by atoms with E-state index < -0.39 is 11.9 Å². The van der Waals surface area contributed by atoms with E-state index in [2.05, 4.69) is 26.3 Å². The van der Waals surface area contributed by atoms with E-state index in [0.717, 1.165) is 31.4 Å². The Morgan fingerprint density at radius 1 is 1.40 bits per heavy atom. The zero-order valence-corrected chi connectivity index (χ0v) is 11.6. The highest BCUT2D eigenvalue weighted by Gasteiger charge is 2.18. The predicted molar refractivity (Wildman–Crippen MR) is 71.7 cm³/mol. The lowest BCUT2D eigenvalue weighted by atomic mass is 10.2. The second-order valence-corrected chi connectivity index (χ2v) is 4.94. The van der Waals surface area contributed by atoms with Gasteiger partial charge in [-0.15, -0.1) is 5.10 Å². The molecule has 20 heavy (non-hydrogen) atoms. The molecule has 1 aliphatic carbocycles. The average molecular weight is 280 g/mol. The van der Waals surface area contributed by atoms with Crippen LogP contribution in [0.1, 0.15) is 31.4 Å². The fourth-order valence-corrected chi connectivity index (χ4v) is 2.28. The van der Waals surface area contributed by atoms with Gasteiger partial charge in [0.25, 0.3) is 0 Å². The van der Waals surface area contributed by atoms with E-state index in [1.807, 2.05) is 0 Å². The summed E-state index contributed by atoms with van der Waals surface area (Å²) in [6.07, 6.45) is 5.90. The molecule has 1 heterocycles. The summed E-state index contributed by atoms with van der Waals surface area (Å²) in [6.45, 7) is 0.568. The van der Waals surface area contributed by atoms with Crippen LogP contribution < -0.4 is 16.0 Å². The van der Waals surface area contributed by atoms with Gasteiger partial charge in [0.2, 0.25) is 5.91 Å². The van der Waals surface area contributed by atoms with E-state index >= 15 is 0 Å². The Balaban J connectivity index is 1.74.